The number of aromatic nitrogens is 1. The van der Waals surface area contributed by atoms with Gasteiger partial charge in [0, 0.05) is 4.88 Å². The lowest BCUT2D eigenvalue weighted by atomic mass is 10.2. The third-order valence-electron chi connectivity index (χ3n) is 2.62. The molecule has 2 nitrogen and oxygen atoms in total. The zero-order valence-corrected chi connectivity index (χ0v) is 13.5. The summed E-state index contributed by atoms with van der Waals surface area (Å²) in [5.41, 5.74) is 2.38. The maximum Gasteiger partial charge on any atom is 0.337 e. The fraction of sp³-hybridized carbons (Fsp3) is 0.0714. The number of thiazole rings is 1. The molecule has 0 spiro atoms. The predicted molar refractivity (Wildman–Crippen MR) is 78.6 cm³/mol. The number of rotatable bonds is 3. The Hall–Kier alpha value is -1.17. The zero-order valence-electron chi connectivity index (χ0n) is 10.3. The Labute approximate surface area is 130 Å². The number of thiophene rings is 1. The van der Waals surface area contributed by atoms with Crippen molar-refractivity contribution in [1.29, 1.82) is 0 Å². The Kier molecular flexibility index (Phi) is 4.74. The van der Waals surface area contributed by atoms with Crippen LogP contribution in [0.2, 0.25) is 0 Å². The molecule has 0 atom stereocenters. The summed E-state index contributed by atoms with van der Waals surface area (Å²) in [7, 11) is 0. The van der Waals surface area contributed by atoms with Crippen molar-refractivity contribution in [3.05, 3.63) is 53.5 Å². The van der Waals surface area contributed by atoms with Crippen LogP contribution in [0.25, 0.3) is 9.75 Å². The van der Waals surface area contributed by atoms with Crippen LogP contribution in [0.5, 0.6) is 0 Å². The lowest BCUT2D eigenvalue weighted by Crippen LogP contribution is -3.00. The van der Waals surface area contributed by atoms with E-state index in [0.29, 0.717) is 0 Å². The number of nitrogens with one attached hydrogen (secondary N) is 2. The average Bonchev–Trinajstić information content (AvgIpc) is 3.02. The molecule has 0 amide bonds. The molecule has 0 fully saturated rings. The second-order valence-corrected chi connectivity index (χ2v) is 6.05. The first-order valence-electron chi connectivity index (χ1n) is 5.70. The maximum absolute atomic E-state index is 3.38. The molecule has 0 radical (unpaired) electrons. The molecule has 2 aromatic heterocycles. The van der Waals surface area contributed by atoms with E-state index in [1.54, 1.807) is 22.7 Å². The van der Waals surface area contributed by atoms with Gasteiger partial charge in [-0.1, -0.05) is 23.8 Å². The summed E-state index contributed by atoms with van der Waals surface area (Å²) in [5.74, 6) is 0. The summed E-state index contributed by atoms with van der Waals surface area (Å²) in [6.07, 6.45) is 2.05. The van der Waals surface area contributed by atoms with E-state index in [-0.39, 0.29) is 17.0 Å². The zero-order chi connectivity index (χ0) is 12.4. The lowest BCUT2D eigenvalue weighted by Gasteiger charge is -1.95. The largest absolute Gasteiger partial charge is 1.00 e. The third kappa shape index (κ3) is 3.43. The number of hydrogen-bond donors (Lipinski definition) is 1. The van der Waals surface area contributed by atoms with Crippen LogP contribution in [0.4, 0.5) is 10.8 Å². The van der Waals surface area contributed by atoms with Crippen LogP contribution in [0.15, 0.2) is 48.0 Å². The molecule has 0 aliphatic rings. The molecule has 19 heavy (non-hydrogen) atoms. The topological polar surface area (TPSA) is 26.2 Å². The van der Waals surface area contributed by atoms with Crippen molar-refractivity contribution in [3.63, 3.8) is 0 Å². The fourth-order valence-corrected chi connectivity index (χ4v) is 3.37. The Bertz CT molecular complexity index is 630. The SMILES string of the molecule is Cc1ccc(Nc2[nH+]cc(-c3cccs3)s2)cc1.[Br-]. The van der Waals surface area contributed by atoms with Gasteiger partial charge in [-0.15, -0.1) is 11.3 Å². The number of aryl methyl sites for hydroxylation is 1. The van der Waals surface area contributed by atoms with E-state index in [4.69, 9.17) is 0 Å². The molecule has 0 aliphatic carbocycles. The van der Waals surface area contributed by atoms with Crippen molar-refractivity contribution >= 4 is 33.5 Å². The molecule has 3 aromatic rings. The van der Waals surface area contributed by atoms with E-state index in [2.05, 4.69) is 59.0 Å². The number of halogens is 1. The molecule has 0 bridgehead atoms. The van der Waals surface area contributed by atoms with Gasteiger partial charge in [-0.25, -0.2) is 10.3 Å². The molecule has 0 unspecified atom stereocenters. The monoisotopic (exact) mass is 352 g/mol. The van der Waals surface area contributed by atoms with Gasteiger partial charge in [-0.3, -0.25) is 0 Å². The Balaban J connectivity index is 0.00000133. The Morgan fingerprint density at radius 2 is 1.84 bits per heavy atom. The first kappa shape index (κ1) is 14.2. The molecule has 2 N–H and O–H groups in total. The first-order chi connectivity index (χ1) is 8.81. The van der Waals surface area contributed by atoms with Gasteiger partial charge in [0.15, 0.2) is 0 Å². The first-order valence-corrected chi connectivity index (χ1v) is 7.40. The van der Waals surface area contributed by atoms with Gasteiger partial charge >= 0.3 is 5.13 Å². The number of anilines is 2. The molecule has 98 valence electrons. The van der Waals surface area contributed by atoms with Crippen LogP contribution in [0, 0.1) is 6.92 Å². The molecule has 0 saturated carbocycles. The summed E-state index contributed by atoms with van der Waals surface area (Å²) in [6.45, 7) is 2.09. The minimum atomic E-state index is 0. The second kappa shape index (κ2) is 6.32. The van der Waals surface area contributed by atoms with Crippen molar-refractivity contribution in [1.82, 2.24) is 0 Å². The maximum atomic E-state index is 3.38. The van der Waals surface area contributed by atoms with Crippen molar-refractivity contribution in [2.45, 2.75) is 6.92 Å². The normalized spacial score (nSPS) is 9.95. The van der Waals surface area contributed by atoms with Crippen LogP contribution in [-0.4, -0.2) is 0 Å². The number of hydrogen-bond acceptors (Lipinski definition) is 3. The Morgan fingerprint density at radius 1 is 1.05 bits per heavy atom. The summed E-state index contributed by atoms with van der Waals surface area (Å²) >= 11 is 3.49. The summed E-state index contributed by atoms with van der Waals surface area (Å²) < 4.78 is 0. The summed E-state index contributed by atoms with van der Waals surface area (Å²) in [4.78, 5) is 5.83. The molecule has 0 aliphatic heterocycles. The van der Waals surface area contributed by atoms with Gasteiger partial charge in [0.2, 0.25) is 0 Å². The van der Waals surface area contributed by atoms with Gasteiger partial charge in [0.1, 0.15) is 11.9 Å². The quantitative estimate of drug-likeness (QED) is 0.756. The highest BCUT2D eigenvalue weighted by Gasteiger charge is 2.10. The van der Waals surface area contributed by atoms with Crippen LogP contribution in [0.1, 0.15) is 5.56 Å². The fourth-order valence-electron chi connectivity index (χ4n) is 1.67. The summed E-state index contributed by atoms with van der Waals surface area (Å²) in [6, 6.07) is 12.6. The van der Waals surface area contributed by atoms with E-state index in [1.807, 2.05) is 6.20 Å². The minimum Gasteiger partial charge on any atom is -1.00 e. The average molecular weight is 353 g/mol. The van der Waals surface area contributed by atoms with Crippen LogP contribution < -0.4 is 27.3 Å². The standard InChI is InChI=1S/C14H12N2S2.BrH/c1-10-4-6-11(7-5-10)16-14-15-9-13(18-14)12-3-2-8-17-12;/h2-9H,1H3,(H,15,16);1H. The molecular formula is C14H13BrN2S2. The lowest BCUT2D eigenvalue weighted by molar-refractivity contribution is -0.353. The van der Waals surface area contributed by atoms with Gasteiger partial charge in [-0.05, 0) is 41.8 Å². The highest BCUT2D eigenvalue weighted by Crippen LogP contribution is 2.31. The van der Waals surface area contributed by atoms with Crippen molar-refractivity contribution in [2.24, 2.45) is 0 Å². The highest BCUT2D eigenvalue weighted by molar-refractivity contribution is 7.23. The number of H-pyrrole nitrogens is 1. The van der Waals surface area contributed by atoms with Gasteiger partial charge in [0.25, 0.3) is 0 Å². The molecule has 3 rings (SSSR count). The second-order valence-electron chi connectivity index (χ2n) is 4.05. The number of aromatic amines is 1. The minimum absolute atomic E-state index is 0. The Morgan fingerprint density at radius 3 is 2.53 bits per heavy atom. The number of benzene rings is 1. The van der Waals surface area contributed by atoms with Crippen LogP contribution in [0.3, 0.4) is 0 Å². The summed E-state index contributed by atoms with van der Waals surface area (Å²) in [5, 5.41) is 6.54. The molecule has 0 saturated heterocycles. The van der Waals surface area contributed by atoms with Crippen molar-refractivity contribution in [3.8, 4) is 9.75 Å². The van der Waals surface area contributed by atoms with E-state index in [0.717, 1.165) is 10.8 Å². The van der Waals surface area contributed by atoms with Gasteiger partial charge in [-0.2, -0.15) is 0 Å². The smallest absolute Gasteiger partial charge is 0.337 e. The van der Waals surface area contributed by atoms with E-state index in [1.165, 1.54) is 15.3 Å². The molecule has 2 heterocycles. The van der Waals surface area contributed by atoms with Crippen LogP contribution >= 0.6 is 22.7 Å². The van der Waals surface area contributed by atoms with Crippen molar-refractivity contribution in [2.75, 3.05) is 5.32 Å². The van der Waals surface area contributed by atoms with Gasteiger partial charge in [0.05, 0.1) is 4.88 Å². The molecule has 5 heteroatoms. The third-order valence-corrected chi connectivity index (χ3v) is 4.63. The van der Waals surface area contributed by atoms with E-state index < -0.39 is 0 Å². The predicted octanol–water partition coefficient (Wildman–Crippen LogP) is 1.35. The van der Waals surface area contributed by atoms with Crippen LogP contribution in [-0.2, 0) is 0 Å². The van der Waals surface area contributed by atoms with Crippen molar-refractivity contribution < 1.29 is 22.0 Å². The highest BCUT2D eigenvalue weighted by atomic mass is 79.9. The van der Waals surface area contributed by atoms with E-state index in [9.17, 15) is 0 Å². The van der Waals surface area contributed by atoms with E-state index >= 15 is 0 Å². The van der Waals surface area contributed by atoms with Gasteiger partial charge < -0.3 is 17.0 Å². The molecule has 1 aromatic carbocycles. The molecular weight excluding hydrogens is 340 g/mol.